The number of ether oxygens (including phenoxy) is 1. The zero-order chi connectivity index (χ0) is 16.5. The maximum atomic E-state index is 13.4. The van der Waals surface area contributed by atoms with Crippen LogP contribution >= 0.6 is 0 Å². The summed E-state index contributed by atoms with van der Waals surface area (Å²) in [6.07, 6.45) is -4.50. The van der Waals surface area contributed by atoms with Gasteiger partial charge in [-0.25, -0.2) is 9.18 Å². The van der Waals surface area contributed by atoms with Crippen LogP contribution in [0, 0.1) is 5.82 Å². The topological polar surface area (TPSA) is 55.6 Å². The predicted octanol–water partition coefficient (Wildman–Crippen LogP) is 2.86. The average Bonchev–Trinajstić information content (AvgIpc) is 3.24. The first-order chi connectivity index (χ1) is 10.3. The molecule has 1 saturated carbocycles. The second-order valence-corrected chi connectivity index (χ2v) is 5.13. The highest BCUT2D eigenvalue weighted by atomic mass is 19.4. The summed E-state index contributed by atoms with van der Waals surface area (Å²) in [6.45, 7) is 0.287. The Morgan fingerprint density at radius 1 is 1.41 bits per heavy atom. The van der Waals surface area contributed by atoms with Crippen LogP contribution in [0.3, 0.4) is 0 Å². The van der Waals surface area contributed by atoms with Crippen molar-refractivity contribution < 1.29 is 27.1 Å². The molecule has 1 aliphatic carbocycles. The third-order valence-electron chi connectivity index (χ3n) is 3.80. The van der Waals surface area contributed by atoms with Crippen molar-refractivity contribution in [1.29, 1.82) is 0 Å². The number of hydrogen-bond acceptors (Lipinski definition) is 3. The van der Waals surface area contributed by atoms with Gasteiger partial charge in [-0.3, -0.25) is 4.90 Å². The van der Waals surface area contributed by atoms with E-state index in [-0.39, 0.29) is 18.7 Å². The summed E-state index contributed by atoms with van der Waals surface area (Å²) in [5.41, 5.74) is 3.45. The third kappa shape index (κ3) is 2.87. The van der Waals surface area contributed by atoms with Crippen LogP contribution in [0.1, 0.15) is 24.0 Å². The average molecular weight is 320 g/mol. The van der Waals surface area contributed by atoms with Crippen LogP contribution in [0.5, 0.6) is 0 Å². The van der Waals surface area contributed by atoms with Gasteiger partial charge in [-0.15, -0.1) is 0 Å². The van der Waals surface area contributed by atoms with Gasteiger partial charge in [0.15, 0.2) is 0 Å². The number of methoxy groups -OCH3 is 1. The lowest BCUT2D eigenvalue weighted by Crippen LogP contribution is -2.43. The highest BCUT2D eigenvalue weighted by Gasteiger charge is 2.52. The smallest absolute Gasteiger partial charge is 0.419 e. The SMILES string of the molecule is COC(=O)N(CCN)C1(c2ccc(F)c(C(F)(F)F)c2)CC1. The number of nitrogens with zero attached hydrogens (tertiary/aromatic N) is 1. The molecule has 0 unspecified atom stereocenters. The number of rotatable bonds is 4. The molecule has 0 saturated heterocycles. The first-order valence-electron chi connectivity index (χ1n) is 6.69. The molecule has 22 heavy (non-hydrogen) atoms. The maximum Gasteiger partial charge on any atom is 0.419 e. The summed E-state index contributed by atoms with van der Waals surface area (Å²) in [5.74, 6) is -1.34. The van der Waals surface area contributed by atoms with Crippen molar-refractivity contribution in [1.82, 2.24) is 4.90 Å². The zero-order valence-electron chi connectivity index (χ0n) is 11.9. The van der Waals surface area contributed by atoms with Crippen molar-refractivity contribution in [3.8, 4) is 0 Å². The number of alkyl halides is 3. The fourth-order valence-electron chi connectivity index (χ4n) is 2.58. The number of carbonyl (C=O) groups excluding carboxylic acids is 1. The molecule has 0 aromatic heterocycles. The molecular formula is C14H16F4N2O2. The van der Waals surface area contributed by atoms with Gasteiger partial charge in [0.05, 0.1) is 18.2 Å². The van der Waals surface area contributed by atoms with Gasteiger partial charge in [-0.2, -0.15) is 13.2 Å². The number of nitrogens with two attached hydrogens (primary N) is 1. The molecule has 1 aromatic carbocycles. The van der Waals surface area contributed by atoms with Crippen LogP contribution in [0.4, 0.5) is 22.4 Å². The van der Waals surface area contributed by atoms with E-state index in [0.717, 1.165) is 12.1 Å². The first kappa shape index (κ1) is 16.5. The van der Waals surface area contributed by atoms with Gasteiger partial charge in [0.25, 0.3) is 0 Å². The minimum absolute atomic E-state index is 0.143. The molecule has 1 aliphatic rings. The molecule has 4 nitrogen and oxygen atoms in total. The molecular weight excluding hydrogens is 304 g/mol. The summed E-state index contributed by atoms with van der Waals surface area (Å²) in [7, 11) is 1.19. The van der Waals surface area contributed by atoms with Crippen LogP contribution in [0.2, 0.25) is 0 Å². The van der Waals surface area contributed by atoms with Crippen LogP contribution in [-0.2, 0) is 16.5 Å². The molecule has 0 radical (unpaired) electrons. The van der Waals surface area contributed by atoms with E-state index < -0.39 is 29.2 Å². The van der Waals surface area contributed by atoms with E-state index >= 15 is 0 Å². The Balaban J connectivity index is 2.43. The Labute approximate surface area is 124 Å². The zero-order valence-corrected chi connectivity index (χ0v) is 11.9. The van der Waals surface area contributed by atoms with Crippen molar-refractivity contribution in [2.75, 3.05) is 20.2 Å². The molecule has 1 amide bonds. The fourth-order valence-corrected chi connectivity index (χ4v) is 2.58. The van der Waals surface area contributed by atoms with Gasteiger partial charge >= 0.3 is 12.3 Å². The van der Waals surface area contributed by atoms with Crippen molar-refractivity contribution in [3.05, 3.63) is 35.1 Å². The van der Waals surface area contributed by atoms with Gasteiger partial charge < -0.3 is 10.5 Å². The van der Waals surface area contributed by atoms with Crippen LogP contribution in [0.25, 0.3) is 0 Å². The van der Waals surface area contributed by atoms with E-state index in [4.69, 9.17) is 5.73 Å². The monoisotopic (exact) mass is 320 g/mol. The molecule has 0 atom stereocenters. The lowest BCUT2D eigenvalue weighted by molar-refractivity contribution is -0.140. The number of carbonyl (C=O) groups is 1. The summed E-state index contributed by atoms with van der Waals surface area (Å²) >= 11 is 0. The Morgan fingerprint density at radius 2 is 2.05 bits per heavy atom. The standard InChI is InChI=1S/C14H16F4N2O2/c1-22-12(21)20(7-6-19)13(4-5-13)9-2-3-11(15)10(8-9)14(16,17)18/h2-3,8H,4-7,19H2,1H3. The summed E-state index contributed by atoms with van der Waals surface area (Å²) < 4.78 is 56.6. The molecule has 1 fully saturated rings. The summed E-state index contributed by atoms with van der Waals surface area (Å²) in [4.78, 5) is 13.2. The second-order valence-electron chi connectivity index (χ2n) is 5.13. The lowest BCUT2D eigenvalue weighted by atomic mass is 9.99. The maximum absolute atomic E-state index is 13.4. The highest BCUT2D eigenvalue weighted by Crippen LogP contribution is 2.52. The van der Waals surface area contributed by atoms with E-state index in [9.17, 15) is 22.4 Å². The van der Waals surface area contributed by atoms with Gasteiger partial charge in [0.1, 0.15) is 5.82 Å². The number of hydrogen-bond donors (Lipinski definition) is 1. The Hall–Kier alpha value is -1.83. The molecule has 122 valence electrons. The van der Waals surface area contributed by atoms with Crippen molar-refractivity contribution in [2.45, 2.75) is 24.6 Å². The Morgan fingerprint density at radius 3 is 2.50 bits per heavy atom. The number of halogens is 4. The van der Waals surface area contributed by atoms with Gasteiger partial charge in [0.2, 0.25) is 0 Å². The second kappa shape index (κ2) is 5.75. The minimum atomic E-state index is -4.79. The molecule has 0 aliphatic heterocycles. The molecule has 2 N–H and O–H groups in total. The molecule has 2 rings (SSSR count). The molecule has 8 heteroatoms. The number of amides is 1. The Kier molecular flexibility index (Phi) is 4.32. The molecule has 0 spiro atoms. The molecule has 0 bridgehead atoms. The third-order valence-corrected chi connectivity index (χ3v) is 3.80. The normalized spacial score (nSPS) is 16.3. The molecule has 1 aromatic rings. The summed E-state index contributed by atoms with van der Waals surface area (Å²) in [6, 6.07) is 2.80. The first-order valence-corrected chi connectivity index (χ1v) is 6.69. The van der Waals surface area contributed by atoms with E-state index in [1.54, 1.807) is 0 Å². The van der Waals surface area contributed by atoms with E-state index in [1.807, 2.05) is 0 Å². The van der Waals surface area contributed by atoms with E-state index in [0.29, 0.717) is 12.8 Å². The van der Waals surface area contributed by atoms with Crippen molar-refractivity contribution in [2.24, 2.45) is 5.73 Å². The van der Waals surface area contributed by atoms with Gasteiger partial charge in [0, 0.05) is 13.1 Å². The lowest BCUT2D eigenvalue weighted by Gasteiger charge is -2.31. The van der Waals surface area contributed by atoms with Gasteiger partial charge in [-0.1, -0.05) is 6.07 Å². The number of benzene rings is 1. The largest absolute Gasteiger partial charge is 0.453 e. The van der Waals surface area contributed by atoms with Crippen LogP contribution in [0.15, 0.2) is 18.2 Å². The van der Waals surface area contributed by atoms with Crippen molar-refractivity contribution >= 4 is 6.09 Å². The van der Waals surface area contributed by atoms with Crippen LogP contribution in [-0.4, -0.2) is 31.2 Å². The highest BCUT2D eigenvalue weighted by molar-refractivity contribution is 5.70. The van der Waals surface area contributed by atoms with E-state index in [1.165, 1.54) is 18.1 Å². The molecule has 0 heterocycles. The minimum Gasteiger partial charge on any atom is -0.453 e. The quantitative estimate of drug-likeness (QED) is 0.868. The van der Waals surface area contributed by atoms with E-state index in [2.05, 4.69) is 4.74 Å². The predicted molar refractivity (Wildman–Crippen MR) is 70.5 cm³/mol. The van der Waals surface area contributed by atoms with Crippen LogP contribution < -0.4 is 5.73 Å². The summed E-state index contributed by atoms with van der Waals surface area (Å²) in [5, 5.41) is 0. The van der Waals surface area contributed by atoms with Gasteiger partial charge in [-0.05, 0) is 30.5 Å². The Bertz CT molecular complexity index is 570. The van der Waals surface area contributed by atoms with Crippen molar-refractivity contribution in [3.63, 3.8) is 0 Å². The fraction of sp³-hybridized carbons (Fsp3) is 0.500.